The molecule has 0 saturated heterocycles. The molecule has 0 aliphatic carbocycles. The molecule has 0 amide bonds. The lowest BCUT2D eigenvalue weighted by Gasteiger charge is -2.42. The van der Waals surface area contributed by atoms with Crippen molar-refractivity contribution in [2.75, 3.05) is 26.9 Å². The average Bonchev–Trinajstić information content (AvgIpc) is 3.34. The van der Waals surface area contributed by atoms with Gasteiger partial charge in [0.15, 0.2) is 17.3 Å². The van der Waals surface area contributed by atoms with Gasteiger partial charge in [-0.05, 0) is 34.2 Å². The standard InChI is InChI=1S/C52H60BO11P/c1-4-30-57-48-46(64-53(2)65)44(37-56-32-39-22-12-6-13-23-39)61-51(54-3)50(48)63-52-49(60-35-42-28-18-9-19-29-42)47(59-34-41-26-16-8-17-27-41)45(58-33-40-24-14-7-15-25-40)43(62-52)36-55-31-38-20-10-5-11-21-38/h5-29,43-46,51-52H,4,30-37,65H2,1-3H3/t43?,44?,45-,46-,51+,52-/m0/s1. The highest BCUT2D eigenvalue weighted by Gasteiger charge is 2.48. The third-order valence-corrected chi connectivity index (χ3v) is 10.7. The first kappa shape index (κ1) is 47.9. The highest BCUT2D eigenvalue weighted by Crippen LogP contribution is 2.38. The van der Waals surface area contributed by atoms with Gasteiger partial charge in [0.05, 0.1) is 39.6 Å². The second kappa shape index (κ2) is 25.6. The summed E-state index contributed by atoms with van der Waals surface area (Å²) in [7, 11) is 4.25. The van der Waals surface area contributed by atoms with Crippen LogP contribution in [0.15, 0.2) is 175 Å². The Labute approximate surface area is 386 Å². The van der Waals surface area contributed by atoms with Crippen LogP contribution in [0.3, 0.4) is 0 Å². The van der Waals surface area contributed by atoms with E-state index in [1.807, 2.05) is 165 Å². The molecule has 2 aliphatic heterocycles. The monoisotopic (exact) mass is 902 g/mol. The summed E-state index contributed by atoms with van der Waals surface area (Å²) in [5, 5.41) is 0. The molecule has 11 nitrogen and oxygen atoms in total. The van der Waals surface area contributed by atoms with Crippen molar-refractivity contribution < 1.29 is 52.0 Å². The molecule has 0 bridgehead atoms. The molecule has 0 saturated carbocycles. The smallest absolute Gasteiger partial charge is 0.312 e. The highest BCUT2D eigenvalue weighted by atomic mass is 31.0. The van der Waals surface area contributed by atoms with Gasteiger partial charge in [-0.15, -0.1) is 9.12 Å². The van der Waals surface area contributed by atoms with Crippen molar-refractivity contribution in [3.8, 4) is 0 Å². The van der Waals surface area contributed by atoms with Crippen LogP contribution >= 0.6 is 9.12 Å². The number of rotatable bonds is 25. The molecular formula is C52H60BO11P. The SMILES string of the molecule is CCCOC1=C(O[C@@H]2OC(COCc3ccccc3)[C@H](OCc3ccccc3)C(OCc3ccccc3)=C2OCc2ccccc2)[C@H](OC)OC(COCc2ccccc2)[C@@H]1OB(C)P. The molecule has 5 aromatic carbocycles. The van der Waals surface area contributed by atoms with Gasteiger partial charge in [-0.3, -0.25) is 0 Å². The maximum Gasteiger partial charge on any atom is 0.312 e. The predicted molar refractivity (Wildman–Crippen MR) is 252 cm³/mol. The fourth-order valence-electron chi connectivity index (χ4n) is 7.35. The third kappa shape index (κ3) is 14.2. The summed E-state index contributed by atoms with van der Waals surface area (Å²) in [6, 6.07) is 49.8. The van der Waals surface area contributed by atoms with E-state index in [0.717, 1.165) is 34.2 Å². The van der Waals surface area contributed by atoms with Gasteiger partial charge in [0.1, 0.15) is 37.6 Å². The lowest BCUT2D eigenvalue weighted by Crippen LogP contribution is -2.50. The Morgan fingerprint density at radius 3 is 1.37 bits per heavy atom. The minimum atomic E-state index is -1.22. The topological polar surface area (TPSA) is 102 Å². The molecule has 0 radical (unpaired) electrons. The molecule has 0 fully saturated rings. The van der Waals surface area contributed by atoms with Crippen LogP contribution in [0, 0.1) is 0 Å². The Hall–Kier alpha value is -5.01. The summed E-state index contributed by atoms with van der Waals surface area (Å²) in [5.41, 5.74) is 4.91. The van der Waals surface area contributed by atoms with Crippen molar-refractivity contribution in [2.45, 2.75) is 90.2 Å². The zero-order valence-corrected chi connectivity index (χ0v) is 38.6. The van der Waals surface area contributed by atoms with Crippen molar-refractivity contribution >= 4 is 15.8 Å². The van der Waals surface area contributed by atoms with Crippen molar-refractivity contribution in [2.24, 2.45) is 0 Å². The summed E-state index contributed by atoms with van der Waals surface area (Å²) in [4.78, 5) is 0. The summed E-state index contributed by atoms with van der Waals surface area (Å²) >= 11 is 0. The summed E-state index contributed by atoms with van der Waals surface area (Å²) in [5.74, 6) is 1.33. The third-order valence-electron chi connectivity index (χ3n) is 10.5. The van der Waals surface area contributed by atoms with Gasteiger partial charge in [0, 0.05) is 7.11 Å². The van der Waals surface area contributed by atoms with E-state index in [1.165, 1.54) is 0 Å². The van der Waals surface area contributed by atoms with Crippen molar-refractivity contribution in [1.29, 1.82) is 0 Å². The van der Waals surface area contributed by atoms with Crippen molar-refractivity contribution in [1.82, 2.24) is 0 Å². The van der Waals surface area contributed by atoms with E-state index >= 15 is 0 Å². The fraction of sp³-hybridized carbons (Fsp3) is 0.346. The Morgan fingerprint density at radius 2 is 0.908 bits per heavy atom. The molecule has 0 spiro atoms. The molecule has 0 N–H and O–H groups in total. The predicted octanol–water partition coefficient (Wildman–Crippen LogP) is 9.78. The van der Waals surface area contributed by atoms with E-state index in [9.17, 15) is 0 Å². The van der Waals surface area contributed by atoms with Crippen molar-refractivity contribution in [3.05, 3.63) is 203 Å². The second-order valence-electron chi connectivity index (χ2n) is 15.7. The number of benzene rings is 5. The lowest BCUT2D eigenvalue weighted by atomic mass is 10.0. The molecule has 7 atom stereocenters. The van der Waals surface area contributed by atoms with Crippen molar-refractivity contribution in [3.63, 3.8) is 0 Å². The summed E-state index contributed by atoms with van der Waals surface area (Å²) < 4.78 is 73.1. The van der Waals surface area contributed by atoms with Gasteiger partial charge in [0.25, 0.3) is 6.29 Å². The van der Waals surface area contributed by atoms with Gasteiger partial charge in [-0.25, -0.2) is 0 Å². The highest BCUT2D eigenvalue weighted by molar-refractivity contribution is 7.60. The molecule has 3 unspecified atom stereocenters. The number of hydrogen-bond donors (Lipinski definition) is 0. The largest absolute Gasteiger partial charge is 0.491 e. The van der Waals surface area contributed by atoms with Crippen LogP contribution in [0.2, 0.25) is 6.82 Å². The van der Waals surface area contributed by atoms with E-state index in [4.69, 9.17) is 52.0 Å². The second-order valence-corrected chi connectivity index (χ2v) is 16.6. The van der Waals surface area contributed by atoms with Crippen LogP contribution in [-0.2, 0) is 85.1 Å². The van der Waals surface area contributed by atoms with Gasteiger partial charge in [-0.1, -0.05) is 165 Å². The molecule has 7 rings (SSSR count). The Bertz CT molecular complexity index is 2180. The minimum Gasteiger partial charge on any atom is -0.491 e. The first-order valence-electron chi connectivity index (χ1n) is 22.2. The summed E-state index contributed by atoms with van der Waals surface area (Å²) in [6.07, 6.45) is -4.44. The molecule has 65 heavy (non-hydrogen) atoms. The van der Waals surface area contributed by atoms with Gasteiger partial charge in [-0.2, -0.15) is 0 Å². The first-order chi connectivity index (χ1) is 32.0. The summed E-state index contributed by atoms with van der Waals surface area (Å²) in [6.45, 7) is 5.75. The minimum absolute atomic E-state index is 0.123. The van der Waals surface area contributed by atoms with Gasteiger partial charge < -0.3 is 52.0 Å². The van der Waals surface area contributed by atoms with E-state index in [0.29, 0.717) is 31.3 Å². The Morgan fingerprint density at radius 1 is 0.492 bits per heavy atom. The van der Waals surface area contributed by atoms with Gasteiger partial charge in [0.2, 0.25) is 12.0 Å². The van der Waals surface area contributed by atoms with Crippen LogP contribution in [0.4, 0.5) is 0 Å². The van der Waals surface area contributed by atoms with Crippen LogP contribution in [-0.4, -0.2) is 70.6 Å². The maximum absolute atomic E-state index is 7.05. The lowest BCUT2D eigenvalue weighted by molar-refractivity contribution is -0.254. The van der Waals surface area contributed by atoms with Crippen LogP contribution < -0.4 is 0 Å². The zero-order chi connectivity index (χ0) is 45.1. The van der Waals surface area contributed by atoms with Gasteiger partial charge >= 0.3 is 6.64 Å². The van der Waals surface area contributed by atoms with E-state index < -0.39 is 37.0 Å². The first-order valence-corrected chi connectivity index (χ1v) is 22.9. The number of methoxy groups -OCH3 is 1. The van der Waals surface area contributed by atoms with Crippen LogP contribution in [0.5, 0.6) is 0 Å². The van der Waals surface area contributed by atoms with E-state index in [2.05, 4.69) is 9.12 Å². The molecule has 0 aromatic heterocycles. The van der Waals surface area contributed by atoms with Crippen LogP contribution in [0.25, 0.3) is 0 Å². The van der Waals surface area contributed by atoms with E-state index in [1.54, 1.807) is 7.11 Å². The normalized spacial score (nSPS) is 20.9. The molecule has 2 aliphatic rings. The zero-order valence-electron chi connectivity index (χ0n) is 37.4. The Balaban J connectivity index is 1.30. The van der Waals surface area contributed by atoms with Crippen LogP contribution in [0.1, 0.15) is 41.2 Å². The number of hydrogen-bond acceptors (Lipinski definition) is 11. The quantitative estimate of drug-likeness (QED) is 0.0414. The average molecular weight is 903 g/mol. The maximum atomic E-state index is 7.05. The molecule has 2 heterocycles. The number of ether oxygens (including phenoxy) is 10. The molecule has 342 valence electrons. The van der Waals surface area contributed by atoms with E-state index in [-0.39, 0.29) is 51.2 Å². The molecule has 13 heteroatoms. The molecular weight excluding hydrogens is 842 g/mol. The fourth-order valence-corrected chi connectivity index (χ4v) is 7.52. The molecule has 5 aromatic rings. The Kier molecular flexibility index (Phi) is 18.9.